The van der Waals surface area contributed by atoms with Crippen LogP contribution < -0.4 is 5.73 Å². The second-order valence-electron chi connectivity index (χ2n) is 4.96. The Kier molecular flexibility index (Phi) is 16.4. The predicted octanol–water partition coefficient (Wildman–Crippen LogP) is 3.01. The minimum atomic E-state index is 0.675. The third-order valence-corrected chi connectivity index (χ3v) is 2.73. The number of ether oxygens (including phenoxy) is 1. The molecule has 4 heteroatoms. The van der Waals surface area contributed by atoms with Crippen LogP contribution in [-0.2, 0) is 4.74 Å². The summed E-state index contributed by atoms with van der Waals surface area (Å²) in [6.45, 7) is 19.5. The number of likely N-dealkylation sites (N-methyl/N-ethyl adjacent to an activating group) is 2. The van der Waals surface area contributed by atoms with Gasteiger partial charge in [-0.25, -0.2) is 0 Å². The molecular formula is C18H35N3O. The first kappa shape index (κ1) is 22.8. The molecule has 0 atom stereocenters. The third-order valence-electron chi connectivity index (χ3n) is 2.73. The van der Waals surface area contributed by atoms with Crippen LogP contribution in [0.15, 0.2) is 49.4 Å². The number of rotatable bonds is 12. The van der Waals surface area contributed by atoms with E-state index < -0.39 is 0 Å². The standard InChI is InChI=1S/C16H29N3O.C2H6/c1-6-7-9-16(3)20-13-8-10-18(4)11-12-19(5)14-15(2)17;1-2/h6-7,9H,1-3,8,10-14,17H2,4-5H3;1-2H3/b9-7-;. The van der Waals surface area contributed by atoms with E-state index >= 15 is 0 Å². The van der Waals surface area contributed by atoms with Gasteiger partial charge in [-0.3, -0.25) is 4.90 Å². The first-order chi connectivity index (χ1) is 10.5. The second-order valence-corrected chi connectivity index (χ2v) is 4.96. The summed E-state index contributed by atoms with van der Waals surface area (Å²) >= 11 is 0. The maximum Gasteiger partial charge on any atom is 0.112 e. The van der Waals surface area contributed by atoms with Gasteiger partial charge in [0.15, 0.2) is 0 Å². The van der Waals surface area contributed by atoms with Crippen molar-refractivity contribution in [3.63, 3.8) is 0 Å². The van der Waals surface area contributed by atoms with Gasteiger partial charge in [0.2, 0.25) is 0 Å². The molecule has 128 valence electrons. The molecule has 0 bridgehead atoms. The maximum absolute atomic E-state index is 5.57. The average molecular weight is 309 g/mol. The van der Waals surface area contributed by atoms with Crippen LogP contribution in [0.3, 0.4) is 0 Å². The Hall–Kier alpha value is -1.52. The normalized spacial score (nSPS) is 10.5. The van der Waals surface area contributed by atoms with Gasteiger partial charge in [0, 0.05) is 31.9 Å². The lowest BCUT2D eigenvalue weighted by molar-refractivity contribution is 0.195. The molecule has 0 fully saturated rings. The minimum absolute atomic E-state index is 0.675. The van der Waals surface area contributed by atoms with Gasteiger partial charge in [-0.1, -0.05) is 45.7 Å². The second kappa shape index (κ2) is 15.9. The zero-order valence-electron chi connectivity index (χ0n) is 15.0. The van der Waals surface area contributed by atoms with Gasteiger partial charge < -0.3 is 15.4 Å². The zero-order valence-corrected chi connectivity index (χ0v) is 15.0. The van der Waals surface area contributed by atoms with Gasteiger partial charge >= 0.3 is 0 Å². The summed E-state index contributed by atoms with van der Waals surface area (Å²) in [5.74, 6) is 0.675. The van der Waals surface area contributed by atoms with Crippen LogP contribution in [0.4, 0.5) is 0 Å². The molecule has 0 spiro atoms. The van der Waals surface area contributed by atoms with E-state index in [9.17, 15) is 0 Å². The molecule has 0 amide bonds. The number of hydrogen-bond donors (Lipinski definition) is 1. The van der Waals surface area contributed by atoms with Crippen molar-refractivity contribution >= 4 is 0 Å². The van der Waals surface area contributed by atoms with Crippen molar-refractivity contribution in [2.24, 2.45) is 5.73 Å². The summed E-state index contributed by atoms with van der Waals surface area (Å²) < 4.78 is 5.48. The summed E-state index contributed by atoms with van der Waals surface area (Å²) in [6, 6.07) is 0. The molecule has 0 aromatic heterocycles. The van der Waals surface area contributed by atoms with E-state index in [-0.39, 0.29) is 0 Å². The number of nitrogens with zero attached hydrogens (tertiary/aromatic N) is 2. The molecule has 0 aliphatic rings. The molecular weight excluding hydrogens is 274 g/mol. The minimum Gasteiger partial charge on any atom is -0.494 e. The van der Waals surface area contributed by atoms with Crippen molar-refractivity contribution in [1.29, 1.82) is 0 Å². The summed E-state index contributed by atoms with van der Waals surface area (Å²) in [5.41, 5.74) is 6.28. The Morgan fingerprint density at radius 1 is 1.09 bits per heavy atom. The van der Waals surface area contributed by atoms with Crippen molar-refractivity contribution < 1.29 is 4.74 Å². The highest BCUT2D eigenvalue weighted by atomic mass is 16.5. The largest absolute Gasteiger partial charge is 0.494 e. The van der Waals surface area contributed by atoms with Crippen molar-refractivity contribution in [2.75, 3.05) is 46.9 Å². The molecule has 0 saturated heterocycles. The van der Waals surface area contributed by atoms with Crippen molar-refractivity contribution in [3.05, 3.63) is 49.4 Å². The molecule has 0 unspecified atom stereocenters. The molecule has 0 aliphatic carbocycles. The van der Waals surface area contributed by atoms with E-state index in [4.69, 9.17) is 10.5 Å². The Bertz CT molecular complexity index is 337. The molecule has 0 heterocycles. The van der Waals surface area contributed by atoms with Gasteiger partial charge in [0.25, 0.3) is 0 Å². The number of hydrogen-bond acceptors (Lipinski definition) is 4. The fraction of sp³-hybridized carbons (Fsp3) is 0.556. The van der Waals surface area contributed by atoms with Crippen LogP contribution in [0.25, 0.3) is 0 Å². The molecule has 22 heavy (non-hydrogen) atoms. The predicted molar refractivity (Wildman–Crippen MR) is 98.7 cm³/mol. The molecule has 0 aromatic carbocycles. The molecule has 2 N–H and O–H groups in total. The highest BCUT2D eigenvalue weighted by molar-refractivity contribution is 5.12. The zero-order chi connectivity index (χ0) is 17.4. The lowest BCUT2D eigenvalue weighted by atomic mass is 10.4. The molecule has 0 rings (SSSR count). The fourth-order valence-electron chi connectivity index (χ4n) is 1.64. The summed E-state index contributed by atoms with van der Waals surface area (Å²) in [5, 5.41) is 0. The Morgan fingerprint density at radius 3 is 2.23 bits per heavy atom. The average Bonchev–Trinajstić information content (AvgIpc) is 2.48. The van der Waals surface area contributed by atoms with Gasteiger partial charge in [-0.15, -0.1) is 0 Å². The highest BCUT2D eigenvalue weighted by Crippen LogP contribution is 1.98. The molecule has 0 aliphatic heterocycles. The third kappa shape index (κ3) is 16.5. The van der Waals surface area contributed by atoms with Gasteiger partial charge in [-0.05, 0) is 26.6 Å². The van der Waals surface area contributed by atoms with Crippen LogP contribution in [0, 0.1) is 0 Å². The first-order valence-corrected chi connectivity index (χ1v) is 7.87. The van der Waals surface area contributed by atoms with Crippen LogP contribution in [0.5, 0.6) is 0 Å². The molecule has 0 aromatic rings. The first-order valence-electron chi connectivity index (χ1n) is 7.87. The van der Waals surface area contributed by atoms with E-state index in [1.807, 2.05) is 33.0 Å². The van der Waals surface area contributed by atoms with E-state index in [0.29, 0.717) is 18.1 Å². The Morgan fingerprint density at radius 2 is 1.68 bits per heavy atom. The van der Waals surface area contributed by atoms with Crippen LogP contribution in [-0.4, -0.2) is 56.7 Å². The van der Waals surface area contributed by atoms with Gasteiger partial charge in [0.05, 0.1) is 6.61 Å². The Labute approximate surface area is 137 Å². The quantitative estimate of drug-likeness (QED) is 0.342. The fourth-order valence-corrected chi connectivity index (χ4v) is 1.64. The summed E-state index contributed by atoms with van der Waals surface area (Å²) in [7, 11) is 4.16. The number of allylic oxidation sites excluding steroid dienone is 3. The molecule has 0 radical (unpaired) electrons. The Balaban J connectivity index is 0. The van der Waals surface area contributed by atoms with Crippen molar-refractivity contribution in [1.82, 2.24) is 9.80 Å². The van der Waals surface area contributed by atoms with Gasteiger partial charge in [-0.2, -0.15) is 0 Å². The van der Waals surface area contributed by atoms with Gasteiger partial charge in [0.1, 0.15) is 5.76 Å². The smallest absolute Gasteiger partial charge is 0.112 e. The van der Waals surface area contributed by atoms with E-state index in [0.717, 1.165) is 32.6 Å². The van der Waals surface area contributed by atoms with E-state index in [1.54, 1.807) is 6.08 Å². The maximum atomic E-state index is 5.57. The monoisotopic (exact) mass is 309 g/mol. The topological polar surface area (TPSA) is 41.7 Å². The van der Waals surface area contributed by atoms with E-state index in [2.05, 4.69) is 36.6 Å². The molecule has 0 saturated carbocycles. The lowest BCUT2D eigenvalue weighted by Gasteiger charge is -2.21. The van der Waals surface area contributed by atoms with Crippen LogP contribution in [0.1, 0.15) is 20.3 Å². The summed E-state index contributed by atoms with van der Waals surface area (Å²) in [6.07, 6.45) is 6.31. The SMILES string of the molecule is C=C/C=C\C(=C)OCCCN(C)CCN(C)CC(=C)N.CC. The lowest BCUT2D eigenvalue weighted by Crippen LogP contribution is -2.33. The number of nitrogens with two attached hydrogens (primary N) is 1. The van der Waals surface area contributed by atoms with Crippen molar-refractivity contribution in [2.45, 2.75) is 20.3 Å². The summed E-state index contributed by atoms with van der Waals surface area (Å²) in [4.78, 5) is 4.44. The highest BCUT2D eigenvalue weighted by Gasteiger charge is 2.02. The molecule has 4 nitrogen and oxygen atoms in total. The van der Waals surface area contributed by atoms with Crippen LogP contribution in [0.2, 0.25) is 0 Å². The van der Waals surface area contributed by atoms with Crippen molar-refractivity contribution in [3.8, 4) is 0 Å². The van der Waals surface area contributed by atoms with Crippen LogP contribution >= 0.6 is 0 Å². The van der Waals surface area contributed by atoms with E-state index in [1.165, 1.54) is 0 Å².